The Morgan fingerprint density at radius 2 is 1.21 bits per heavy atom. The lowest BCUT2D eigenvalue weighted by Gasteiger charge is -2.21. The summed E-state index contributed by atoms with van der Waals surface area (Å²) in [5.74, 6) is -2.48. The van der Waals surface area contributed by atoms with Crippen molar-refractivity contribution >= 4 is 43.3 Å². The monoisotopic (exact) mass is 621 g/mol. The van der Waals surface area contributed by atoms with Crippen molar-refractivity contribution in [3.8, 4) is 0 Å². The van der Waals surface area contributed by atoms with Crippen LogP contribution in [-0.2, 0) is 29.6 Å². The molecule has 3 aromatic carbocycles. The number of halogens is 2. The van der Waals surface area contributed by atoms with E-state index < -0.39 is 50.2 Å². The summed E-state index contributed by atoms with van der Waals surface area (Å²) >= 11 is 0. The Morgan fingerprint density at radius 1 is 0.738 bits per heavy atom. The third-order valence-electron chi connectivity index (χ3n) is 6.57. The van der Waals surface area contributed by atoms with Crippen LogP contribution in [0.15, 0.2) is 76.5 Å². The smallest absolute Gasteiger partial charge is 0.338 e. The van der Waals surface area contributed by atoms with E-state index >= 15 is 0 Å². The maximum absolute atomic E-state index is 13.3. The number of rotatable bonds is 11. The molecule has 1 fully saturated rings. The van der Waals surface area contributed by atoms with Gasteiger partial charge in [0.15, 0.2) is 6.61 Å². The Labute approximate surface area is 242 Å². The molecule has 0 aromatic heterocycles. The second-order valence-corrected chi connectivity index (χ2v) is 13.2. The van der Waals surface area contributed by atoms with Gasteiger partial charge in [0.25, 0.3) is 26.0 Å². The molecule has 1 aliphatic carbocycles. The minimum absolute atomic E-state index is 0.229. The predicted molar refractivity (Wildman–Crippen MR) is 151 cm³/mol. The molecular weight excluding hydrogens is 592 g/mol. The lowest BCUT2D eigenvalue weighted by molar-refractivity contribution is -0.124. The number of anilines is 2. The Balaban J connectivity index is 1.54. The zero-order valence-electron chi connectivity index (χ0n) is 22.3. The molecule has 0 aliphatic heterocycles. The van der Waals surface area contributed by atoms with E-state index in [1.54, 1.807) is 0 Å². The van der Waals surface area contributed by atoms with Gasteiger partial charge in [-0.25, -0.2) is 30.4 Å². The fourth-order valence-corrected chi connectivity index (χ4v) is 6.51. The van der Waals surface area contributed by atoms with E-state index in [0.717, 1.165) is 92.4 Å². The van der Waals surface area contributed by atoms with Crippen LogP contribution in [0.5, 0.6) is 0 Å². The quantitative estimate of drug-likeness (QED) is 0.269. The van der Waals surface area contributed by atoms with Crippen molar-refractivity contribution in [3.05, 3.63) is 83.9 Å². The number of sulfonamides is 2. The van der Waals surface area contributed by atoms with Crippen LogP contribution in [0.2, 0.25) is 0 Å². The zero-order chi connectivity index (χ0) is 30.3. The first-order valence-corrected chi connectivity index (χ1v) is 16.0. The molecule has 224 valence electrons. The molecule has 10 nitrogen and oxygen atoms in total. The van der Waals surface area contributed by atoms with Crippen molar-refractivity contribution in [2.75, 3.05) is 22.6 Å². The number of nitrogens with one attached hydrogen (secondary N) is 3. The Bertz CT molecular complexity index is 1550. The second-order valence-electron chi connectivity index (χ2n) is 9.80. The van der Waals surface area contributed by atoms with Crippen molar-refractivity contribution in [2.45, 2.75) is 41.9 Å². The molecule has 4 rings (SSSR count). The van der Waals surface area contributed by atoms with Gasteiger partial charge in [0.05, 0.1) is 26.7 Å². The lowest BCUT2D eigenvalue weighted by atomic mass is 9.89. The van der Waals surface area contributed by atoms with Crippen LogP contribution in [-0.4, -0.2) is 41.9 Å². The topological polar surface area (TPSA) is 148 Å². The summed E-state index contributed by atoms with van der Waals surface area (Å²) in [4.78, 5) is 24.5. The van der Waals surface area contributed by atoms with Gasteiger partial charge in [0.1, 0.15) is 11.6 Å². The zero-order valence-corrected chi connectivity index (χ0v) is 23.9. The normalized spacial score (nSPS) is 14.1. The van der Waals surface area contributed by atoms with Gasteiger partial charge < -0.3 is 10.1 Å². The average Bonchev–Trinajstić information content (AvgIpc) is 2.95. The molecule has 0 heterocycles. The number of amides is 1. The van der Waals surface area contributed by atoms with Gasteiger partial charge in [-0.3, -0.25) is 14.2 Å². The predicted octanol–water partition coefficient (Wildman–Crippen LogP) is 4.42. The van der Waals surface area contributed by atoms with E-state index in [-0.39, 0.29) is 26.7 Å². The van der Waals surface area contributed by atoms with Gasteiger partial charge in [-0.2, -0.15) is 0 Å². The summed E-state index contributed by atoms with van der Waals surface area (Å²) in [6.45, 7) is -0.139. The van der Waals surface area contributed by atoms with E-state index in [2.05, 4.69) is 14.8 Å². The van der Waals surface area contributed by atoms with Gasteiger partial charge >= 0.3 is 5.97 Å². The first kappa shape index (κ1) is 30.9. The molecule has 3 aromatic rings. The van der Waals surface area contributed by atoms with Crippen LogP contribution in [0.3, 0.4) is 0 Å². The molecule has 14 heteroatoms. The van der Waals surface area contributed by atoms with Crippen LogP contribution < -0.4 is 14.8 Å². The molecule has 0 radical (unpaired) electrons. The molecule has 3 N–H and O–H groups in total. The molecule has 1 saturated carbocycles. The largest absolute Gasteiger partial charge is 0.452 e. The Hall–Kier alpha value is -4.04. The molecule has 0 bridgehead atoms. The van der Waals surface area contributed by atoms with E-state index in [1.807, 2.05) is 0 Å². The highest BCUT2D eigenvalue weighted by Gasteiger charge is 2.21. The van der Waals surface area contributed by atoms with Gasteiger partial charge in [-0.1, -0.05) is 19.3 Å². The van der Waals surface area contributed by atoms with Crippen LogP contribution in [0.25, 0.3) is 0 Å². The van der Waals surface area contributed by atoms with Gasteiger partial charge in [-0.05, 0) is 85.5 Å². The van der Waals surface area contributed by atoms with Crippen molar-refractivity contribution in [3.63, 3.8) is 0 Å². The van der Waals surface area contributed by atoms with Crippen LogP contribution >= 0.6 is 0 Å². The fourth-order valence-electron chi connectivity index (χ4n) is 4.43. The number of hydrogen-bond donors (Lipinski definition) is 3. The molecule has 1 amide bonds. The maximum atomic E-state index is 13.3. The minimum Gasteiger partial charge on any atom is -0.452 e. The molecule has 0 atom stereocenters. The summed E-state index contributed by atoms with van der Waals surface area (Å²) in [6, 6.07) is 11.2. The van der Waals surface area contributed by atoms with Crippen LogP contribution in [0.1, 0.15) is 42.5 Å². The number of hydrogen-bond acceptors (Lipinski definition) is 7. The van der Waals surface area contributed by atoms with Gasteiger partial charge in [-0.15, -0.1) is 0 Å². The number of ether oxygens (including phenoxy) is 1. The summed E-state index contributed by atoms with van der Waals surface area (Å²) in [6.07, 6.45) is 5.39. The first-order chi connectivity index (χ1) is 19.9. The first-order valence-electron chi connectivity index (χ1n) is 13.1. The highest BCUT2D eigenvalue weighted by molar-refractivity contribution is 7.93. The van der Waals surface area contributed by atoms with Crippen molar-refractivity contribution in [2.24, 2.45) is 5.92 Å². The third kappa shape index (κ3) is 8.49. The number of esters is 1. The van der Waals surface area contributed by atoms with Crippen LogP contribution in [0.4, 0.5) is 20.2 Å². The molecular formula is C28H29F2N3O7S2. The number of carbonyl (C=O) groups excluding carboxylic acids is 2. The summed E-state index contributed by atoms with van der Waals surface area (Å²) in [5, 5.41) is 2.74. The highest BCUT2D eigenvalue weighted by atomic mass is 32.2. The van der Waals surface area contributed by atoms with E-state index in [4.69, 9.17) is 4.74 Å². The maximum Gasteiger partial charge on any atom is 0.338 e. The molecule has 0 saturated heterocycles. The standard InChI is InChI=1S/C28H29F2N3O7S2/c29-21-6-10-25(11-7-21)41(36,37)32-23-14-20(28(35)40-18-27(34)31-17-19-4-2-1-3-5-19)15-24(16-23)33-42(38,39)26-12-8-22(30)9-13-26/h6-16,19,32-33H,1-5,17-18H2,(H,31,34). The summed E-state index contributed by atoms with van der Waals surface area (Å²) in [5.41, 5.74) is -0.731. The minimum atomic E-state index is -4.29. The summed E-state index contributed by atoms with van der Waals surface area (Å²) in [7, 11) is -8.57. The SMILES string of the molecule is O=C(COC(=O)c1cc(NS(=O)(=O)c2ccc(F)cc2)cc(NS(=O)(=O)c2ccc(F)cc2)c1)NCC1CCCCC1. The fraction of sp³-hybridized carbons (Fsp3) is 0.286. The summed E-state index contributed by atoms with van der Waals surface area (Å²) < 4.78 is 87.7. The molecule has 1 aliphatic rings. The molecule has 0 spiro atoms. The van der Waals surface area contributed by atoms with E-state index in [0.29, 0.717) is 12.5 Å². The van der Waals surface area contributed by atoms with Crippen molar-refractivity contribution in [1.29, 1.82) is 0 Å². The van der Waals surface area contributed by atoms with E-state index in [1.165, 1.54) is 6.42 Å². The van der Waals surface area contributed by atoms with Crippen molar-refractivity contribution < 1.29 is 39.9 Å². The average molecular weight is 622 g/mol. The Morgan fingerprint density at radius 3 is 1.69 bits per heavy atom. The van der Waals surface area contributed by atoms with Crippen LogP contribution in [0, 0.1) is 17.6 Å². The number of benzene rings is 3. The molecule has 42 heavy (non-hydrogen) atoms. The van der Waals surface area contributed by atoms with Gasteiger partial charge in [0.2, 0.25) is 0 Å². The highest BCUT2D eigenvalue weighted by Crippen LogP contribution is 2.26. The lowest BCUT2D eigenvalue weighted by Crippen LogP contribution is -2.33. The van der Waals surface area contributed by atoms with E-state index in [9.17, 15) is 35.2 Å². The Kier molecular flexibility index (Phi) is 9.78. The van der Waals surface area contributed by atoms with Crippen molar-refractivity contribution in [1.82, 2.24) is 5.32 Å². The number of carbonyl (C=O) groups is 2. The van der Waals surface area contributed by atoms with Gasteiger partial charge in [0, 0.05) is 6.54 Å². The second kappa shape index (κ2) is 13.3. The molecule has 0 unspecified atom stereocenters. The third-order valence-corrected chi connectivity index (χ3v) is 9.36.